The molecule has 7 aromatic rings. The molecule has 244 valence electrons. The highest BCUT2D eigenvalue weighted by Gasteiger charge is 2.19. The van der Waals surface area contributed by atoms with E-state index in [-0.39, 0.29) is 0 Å². The van der Waals surface area contributed by atoms with Gasteiger partial charge in [-0.2, -0.15) is 14.2 Å². The predicted octanol–water partition coefficient (Wildman–Crippen LogP) is 7.22. The quantitative estimate of drug-likeness (QED) is 0.151. The normalized spacial score (nSPS) is 12.0. The highest BCUT2D eigenvalue weighted by Crippen LogP contribution is 2.37. The molecule has 51 heavy (non-hydrogen) atoms. The van der Waals surface area contributed by atoms with E-state index in [2.05, 4.69) is 22.1 Å². The average molecular weight is 666 g/mol. The summed E-state index contributed by atoms with van der Waals surface area (Å²) in [6.07, 6.45) is 16.8. The van der Waals surface area contributed by atoms with Gasteiger partial charge in [0.2, 0.25) is 0 Å². The first-order valence-corrected chi connectivity index (χ1v) is 16.3. The van der Waals surface area contributed by atoms with E-state index in [1.807, 2.05) is 66.8 Å². The largest absolute Gasteiger partial charge is 0.619 e. The van der Waals surface area contributed by atoms with Crippen LogP contribution in [0.3, 0.4) is 0 Å². The van der Waals surface area contributed by atoms with Crippen molar-refractivity contribution < 1.29 is 14.2 Å². The van der Waals surface area contributed by atoms with Crippen molar-refractivity contribution in [2.45, 2.75) is 0 Å². The number of nitrogens with one attached hydrogen (secondary N) is 2. The zero-order valence-electron chi connectivity index (χ0n) is 26.9. The second kappa shape index (κ2) is 12.0. The van der Waals surface area contributed by atoms with Crippen LogP contribution in [0.15, 0.2) is 128 Å². The van der Waals surface area contributed by atoms with Crippen LogP contribution >= 0.6 is 0 Å². The molecule has 8 bridgehead atoms. The molecule has 10 nitrogen and oxygen atoms in total. The lowest BCUT2D eigenvalue weighted by Crippen LogP contribution is -2.23. The first-order valence-electron chi connectivity index (χ1n) is 16.3. The lowest BCUT2D eigenvalue weighted by atomic mass is 10.0. The number of hydrogen-bond acceptors (Lipinski definition) is 5. The Kier molecular flexibility index (Phi) is 6.99. The summed E-state index contributed by atoms with van der Waals surface area (Å²) in [5.41, 5.74) is 12.8. The maximum atomic E-state index is 12.1. The molecule has 0 radical (unpaired) electrons. The fraction of sp³-hybridized carbons (Fsp3) is 0. The Morgan fingerprint density at radius 3 is 0.922 bits per heavy atom. The second-order valence-corrected chi connectivity index (χ2v) is 12.2. The van der Waals surface area contributed by atoms with Crippen molar-refractivity contribution in [2.24, 2.45) is 0 Å². The van der Waals surface area contributed by atoms with Gasteiger partial charge >= 0.3 is 0 Å². The third-order valence-electron chi connectivity index (χ3n) is 9.09. The number of fused-ring (bicyclic) bond motifs is 8. The third-order valence-corrected chi connectivity index (χ3v) is 9.09. The molecule has 0 saturated heterocycles. The van der Waals surface area contributed by atoms with E-state index in [4.69, 9.17) is 9.97 Å². The van der Waals surface area contributed by atoms with Crippen LogP contribution in [0.25, 0.3) is 90.9 Å². The van der Waals surface area contributed by atoms with Crippen LogP contribution in [0, 0.1) is 15.6 Å². The van der Waals surface area contributed by atoms with Crippen LogP contribution in [-0.4, -0.2) is 19.9 Å². The molecule has 6 aromatic heterocycles. The van der Waals surface area contributed by atoms with Gasteiger partial charge in [-0.1, -0.05) is 30.3 Å². The fourth-order valence-corrected chi connectivity index (χ4v) is 6.76. The molecular formula is C41H27N7O3. The molecule has 2 N–H and O–H groups in total. The van der Waals surface area contributed by atoms with Gasteiger partial charge in [0.1, 0.15) is 0 Å². The zero-order valence-corrected chi connectivity index (χ0v) is 26.9. The second-order valence-electron chi connectivity index (χ2n) is 12.2. The Labute approximate surface area is 291 Å². The van der Waals surface area contributed by atoms with Gasteiger partial charge in [-0.25, -0.2) is 9.97 Å². The van der Waals surface area contributed by atoms with Crippen LogP contribution in [-0.2, 0) is 0 Å². The Balaban J connectivity index is 1.47. The minimum absolute atomic E-state index is 0.687. The highest BCUT2D eigenvalue weighted by molar-refractivity contribution is 5.99. The highest BCUT2D eigenvalue weighted by atomic mass is 16.5. The number of rotatable bonds is 4. The van der Waals surface area contributed by atoms with E-state index in [1.165, 1.54) is 37.2 Å². The van der Waals surface area contributed by atoms with E-state index < -0.39 is 0 Å². The van der Waals surface area contributed by atoms with Crippen LogP contribution in [0.1, 0.15) is 22.8 Å². The van der Waals surface area contributed by atoms with Crippen molar-refractivity contribution in [3.8, 4) is 44.5 Å². The summed E-state index contributed by atoms with van der Waals surface area (Å²) in [5, 5.41) is 36.3. The number of aromatic nitrogens is 7. The number of benzene rings is 1. The molecule has 2 aliphatic heterocycles. The summed E-state index contributed by atoms with van der Waals surface area (Å²) in [6.45, 7) is 0. The minimum atomic E-state index is 0.687. The fourth-order valence-electron chi connectivity index (χ4n) is 6.76. The molecule has 0 atom stereocenters. The molecule has 0 spiro atoms. The maximum Gasteiger partial charge on any atom is 0.180 e. The van der Waals surface area contributed by atoms with Crippen LogP contribution in [0.4, 0.5) is 0 Å². The van der Waals surface area contributed by atoms with Gasteiger partial charge in [-0.15, -0.1) is 0 Å². The molecule has 9 rings (SSSR count). The SMILES string of the molecule is [O-][n+]1ccc(-c2c3nc(c(-c4cc[n+]([O-])cc4)c4ccc([nH]4)c(-c4cc[n+]([O-])cc4)c4nc(c(-c5ccccc5)c5ccc2[nH]5)C=C4)C=C3)cc1. The minimum Gasteiger partial charge on any atom is -0.619 e. The first kappa shape index (κ1) is 29.8. The monoisotopic (exact) mass is 665 g/mol. The molecule has 0 amide bonds. The van der Waals surface area contributed by atoms with Gasteiger partial charge < -0.3 is 25.6 Å². The molecule has 0 saturated carbocycles. The van der Waals surface area contributed by atoms with E-state index >= 15 is 0 Å². The average Bonchev–Trinajstić information content (AvgIpc) is 3.99. The Morgan fingerprint density at radius 1 is 0.353 bits per heavy atom. The summed E-state index contributed by atoms with van der Waals surface area (Å²) in [6, 6.07) is 28.8. The van der Waals surface area contributed by atoms with Crippen molar-refractivity contribution in [1.82, 2.24) is 19.9 Å². The molecule has 2 aliphatic rings. The first-order chi connectivity index (χ1) is 25.0. The number of aromatic amines is 2. The van der Waals surface area contributed by atoms with Gasteiger partial charge in [0, 0.05) is 80.7 Å². The van der Waals surface area contributed by atoms with E-state index in [1.54, 1.807) is 36.4 Å². The van der Waals surface area contributed by atoms with E-state index in [0.717, 1.165) is 92.2 Å². The van der Waals surface area contributed by atoms with Crippen LogP contribution in [0.2, 0.25) is 0 Å². The van der Waals surface area contributed by atoms with Crippen molar-refractivity contribution in [2.75, 3.05) is 0 Å². The molecule has 0 unspecified atom stereocenters. The van der Waals surface area contributed by atoms with E-state index in [9.17, 15) is 15.6 Å². The molecular weight excluding hydrogens is 638 g/mol. The standard InChI is InChI=1S/C41H27N7O3/c49-46-20-14-27(15-21-46)39-32-8-6-30(42-32)38(26-4-2-1-3-5-26)31-7-9-33(43-31)40(28-16-22-47(50)23-17-28)35-11-13-37(45-35)41(36-12-10-34(39)44-36)29-18-24-48(51)25-19-29/h1-25,42,45H. The molecule has 1 aromatic carbocycles. The summed E-state index contributed by atoms with van der Waals surface area (Å²) in [5.74, 6) is 0. The maximum absolute atomic E-state index is 12.1. The number of pyridine rings is 3. The van der Waals surface area contributed by atoms with Gasteiger partial charge in [0.25, 0.3) is 0 Å². The van der Waals surface area contributed by atoms with Crippen molar-refractivity contribution in [3.05, 3.63) is 167 Å². The Hall–Kier alpha value is -7.33. The summed E-state index contributed by atoms with van der Waals surface area (Å²) in [7, 11) is 0. The number of H-pyrrole nitrogens is 2. The van der Waals surface area contributed by atoms with E-state index in [0.29, 0.717) is 11.4 Å². The molecule has 0 aliphatic carbocycles. The smallest absolute Gasteiger partial charge is 0.180 e. The molecule has 10 heteroatoms. The number of nitrogens with zero attached hydrogens (tertiary/aromatic N) is 5. The van der Waals surface area contributed by atoms with Crippen LogP contribution in [0.5, 0.6) is 0 Å². The summed E-state index contributed by atoms with van der Waals surface area (Å²) >= 11 is 0. The number of hydrogen-bond donors (Lipinski definition) is 2. The van der Waals surface area contributed by atoms with Gasteiger partial charge in [0.05, 0.1) is 22.8 Å². The topological polar surface area (TPSA) is 138 Å². The molecule has 0 fully saturated rings. The van der Waals surface area contributed by atoms with Gasteiger partial charge in [0.15, 0.2) is 37.2 Å². The Bertz CT molecular complexity index is 2650. The Morgan fingerprint density at radius 2 is 0.627 bits per heavy atom. The zero-order chi connectivity index (χ0) is 34.5. The van der Waals surface area contributed by atoms with Crippen molar-refractivity contribution >= 4 is 46.4 Å². The summed E-state index contributed by atoms with van der Waals surface area (Å²) in [4.78, 5) is 17.7. The predicted molar refractivity (Wildman–Crippen MR) is 197 cm³/mol. The summed E-state index contributed by atoms with van der Waals surface area (Å²) < 4.78 is 2.27. The van der Waals surface area contributed by atoms with Gasteiger partial charge in [-0.3, -0.25) is 0 Å². The van der Waals surface area contributed by atoms with Crippen molar-refractivity contribution in [1.29, 1.82) is 0 Å². The van der Waals surface area contributed by atoms with Crippen molar-refractivity contribution in [3.63, 3.8) is 0 Å². The third kappa shape index (κ3) is 5.37. The van der Waals surface area contributed by atoms with Crippen LogP contribution < -0.4 is 14.2 Å². The van der Waals surface area contributed by atoms with Gasteiger partial charge in [-0.05, 0) is 70.8 Å². The lowest BCUT2D eigenvalue weighted by molar-refractivity contribution is -0.605. The molecule has 8 heterocycles. The lowest BCUT2D eigenvalue weighted by Gasteiger charge is -2.07.